The van der Waals surface area contributed by atoms with Gasteiger partial charge in [-0.1, -0.05) is 6.08 Å². The van der Waals surface area contributed by atoms with E-state index in [4.69, 9.17) is 5.10 Å². The Morgan fingerprint density at radius 3 is 2.58 bits per heavy atom. The number of anilines is 3. The molecular weight excluding hydrogens is 416 g/mol. The van der Waals surface area contributed by atoms with Crippen molar-refractivity contribution < 1.29 is 4.79 Å². The van der Waals surface area contributed by atoms with Gasteiger partial charge in [-0.05, 0) is 50.1 Å². The van der Waals surface area contributed by atoms with Crippen molar-refractivity contribution in [2.24, 2.45) is 0 Å². The van der Waals surface area contributed by atoms with Crippen LogP contribution in [0.3, 0.4) is 0 Å². The molecule has 3 aromatic heterocycles. The van der Waals surface area contributed by atoms with Crippen molar-refractivity contribution in [3.05, 3.63) is 47.9 Å². The first-order valence-electron chi connectivity index (χ1n) is 11.5. The Balaban J connectivity index is 1.42. The minimum Gasteiger partial charge on any atom is -0.368 e. The number of hydrogen-bond acceptors (Lipinski definition) is 7. The summed E-state index contributed by atoms with van der Waals surface area (Å²) in [5, 5.41) is 7.94. The summed E-state index contributed by atoms with van der Waals surface area (Å²) in [6.45, 7) is 4.12. The van der Waals surface area contributed by atoms with E-state index in [9.17, 15) is 4.79 Å². The first-order valence-corrected chi connectivity index (χ1v) is 11.5. The molecule has 0 radical (unpaired) electrons. The summed E-state index contributed by atoms with van der Waals surface area (Å²) in [5.41, 5.74) is 4.61. The highest BCUT2D eigenvalue weighted by Gasteiger charge is 2.24. The third-order valence-electron chi connectivity index (χ3n) is 6.36. The number of carbonyl (C=O) groups is 1. The Bertz CT molecular complexity index is 1190. The van der Waals surface area contributed by atoms with E-state index in [0.717, 1.165) is 62.3 Å². The number of aromatic nitrogens is 4. The van der Waals surface area contributed by atoms with Crippen LogP contribution in [0.4, 0.5) is 17.5 Å². The number of likely N-dealkylation sites (N-methyl/N-ethyl adjacent to an activating group) is 1. The van der Waals surface area contributed by atoms with Crippen LogP contribution in [0.5, 0.6) is 0 Å². The maximum Gasteiger partial charge on any atom is 0.255 e. The van der Waals surface area contributed by atoms with Gasteiger partial charge in [-0.25, -0.2) is 14.5 Å². The smallest absolute Gasteiger partial charge is 0.255 e. The van der Waals surface area contributed by atoms with Crippen LogP contribution in [0.15, 0.2) is 36.7 Å². The van der Waals surface area contributed by atoms with Gasteiger partial charge in [0.1, 0.15) is 5.82 Å². The van der Waals surface area contributed by atoms with Crippen LogP contribution in [-0.2, 0) is 0 Å². The molecule has 4 heterocycles. The SMILES string of the molecule is CN1CCN(c2ccc(Nc3ncc4cc(C(=O)N(C)C)c(C5=CCCC5)n4n3)nc2)CC1. The predicted octanol–water partition coefficient (Wildman–Crippen LogP) is 2.89. The normalized spacial score (nSPS) is 16.8. The average Bonchev–Trinajstić information content (AvgIpc) is 3.47. The molecule has 3 aromatic rings. The van der Waals surface area contributed by atoms with E-state index >= 15 is 0 Å². The molecule has 5 rings (SSSR count). The lowest BCUT2D eigenvalue weighted by atomic mass is 10.1. The zero-order chi connectivity index (χ0) is 22.9. The van der Waals surface area contributed by atoms with Gasteiger partial charge >= 0.3 is 0 Å². The summed E-state index contributed by atoms with van der Waals surface area (Å²) in [6, 6.07) is 5.92. The fraction of sp³-hybridized carbons (Fsp3) is 0.417. The summed E-state index contributed by atoms with van der Waals surface area (Å²) in [6.07, 6.45) is 8.92. The van der Waals surface area contributed by atoms with E-state index in [2.05, 4.69) is 44.3 Å². The Hall–Kier alpha value is -3.46. The predicted molar refractivity (Wildman–Crippen MR) is 130 cm³/mol. The van der Waals surface area contributed by atoms with Gasteiger partial charge in [0.15, 0.2) is 0 Å². The monoisotopic (exact) mass is 446 g/mol. The molecule has 9 heteroatoms. The lowest BCUT2D eigenvalue weighted by molar-refractivity contribution is 0.0827. The molecule has 0 unspecified atom stereocenters. The Morgan fingerprint density at radius 2 is 1.91 bits per heavy atom. The molecule has 33 heavy (non-hydrogen) atoms. The molecule has 0 spiro atoms. The number of hydrogen-bond donors (Lipinski definition) is 1. The van der Waals surface area contributed by atoms with Crippen LogP contribution in [0.25, 0.3) is 11.1 Å². The quantitative estimate of drug-likeness (QED) is 0.645. The van der Waals surface area contributed by atoms with Gasteiger partial charge in [-0.2, -0.15) is 0 Å². The minimum atomic E-state index is -0.0287. The fourth-order valence-corrected chi connectivity index (χ4v) is 4.45. The highest BCUT2D eigenvalue weighted by atomic mass is 16.2. The van der Waals surface area contributed by atoms with Crippen LogP contribution >= 0.6 is 0 Å². The maximum absolute atomic E-state index is 12.9. The van der Waals surface area contributed by atoms with E-state index in [0.29, 0.717) is 17.3 Å². The van der Waals surface area contributed by atoms with Crippen molar-refractivity contribution in [1.29, 1.82) is 0 Å². The van der Waals surface area contributed by atoms with Crippen molar-refractivity contribution in [1.82, 2.24) is 29.4 Å². The van der Waals surface area contributed by atoms with E-state index in [-0.39, 0.29) is 5.91 Å². The summed E-state index contributed by atoms with van der Waals surface area (Å²) in [4.78, 5) is 28.2. The zero-order valence-electron chi connectivity index (χ0n) is 19.5. The Labute approximate surface area is 193 Å². The van der Waals surface area contributed by atoms with Crippen LogP contribution in [-0.4, -0.2) is 82.6 Å². The molecule has 1 amide bonds. The third-order valence-corrected chi connectivity index (χ3v) is 6.36. The van der Waals surface area contributed by atoms with Crippen LogP contribution in [0.1, 0.15) is 35.3 Å². The molecule has 0 bridgehead atoms. The number of amides is 1. The third kappa shape index (κ3) is 4.28. The first-order chi connectivity index (χ1) is 16.0. The number of rotatable bonds is 5. The van der Waals surface area contributed by atoms with Gasteiger partial charge in [-0.15, -0.1) is 5.10 Å². The van der Waals surface area contributed by atoms with E-state index in [1.807, 2.05) is 22.8 Å². The molecule has 1 fully saturated rings. The minimum absolute atomic E-state index is 0.0287. The van der Waals surface area contributed by atoms with Crippen LogP contribution in [0.2, 0.25) is 0 Å². The van der Waals surface area contributed by atoms with Gasteiger partial charge < -0.3 is 20.0 Å². The van der Waals surface area contributed by atoms with Crippen molar-refractivity contribution in [2.75, 3.05) is 57.5 Å². The molecule has 9 nitrogen and oxygen atoms in total. The standard InChI is InChI=1S/C24H30N8O/c1-29(2)23(33)20-14-19-16-26-24(28-32(19)22(20)17-6-4-5-7-17)27-21-9-8-18(15-25-21)31-12-10-30(3)11-13-31/h6,8-9,14-16H,4-5,7,10-13H2,1-3H3,(H,25,27,28). The van der Waals surface area contributed by atoms with Crippen molar-refractivity contribution >= 4 is 34.5 Å². The van der Waals surface area contributed by atoms with Crippen molar-refractivity contribution in [2.45, 2.75) is 19.3 Å². The van der Waals surface area contributed by atoms with Gasteiger partial charge in [-0.3, -0.25) is 4.79 Å². The van der Waals surface area contributed by atoms with Crippen molar-refractivity contribution in [3.63, 3.8) is 0 Å². The maximum atomic E-state index is 12.9. The van der Waals surface area contributed by atoms with Gasteiger partial charge in [0.2, 0.25) is 5.95 Å². The summed E-state index contributed by atoms with van der Waals surface area (Å²) in [5.74, 6) is 1.10. The second-order valence-electron chi connectivity index (χ2n) is 8.96. The van der Waals surface area contributed by atoms with Crippen LogP contribution < -0.4 is 10.2 Å². The number of nitrogens with one attached hydrogen (secondary N) is 1. The molecule has 1 aliphatic carbocycles. The topological polar surface area (TPSA) is 81.9 Å². The Kier molecular flexibility index (Phi) is 5.72. The van der Waals surface area contributed by atoms with Crippen LogP contribution in [0, 0.1) is 0 Å². The average molecular weight is 447 g/mol. The zero-order valence-corrected chi connectivity index (χ0v) is 19.5. The molecular formula is C24H30N8O. The number of piperazine rings is 1. The molecule has 172 valence electrons. The highest BCUT2D eigenvalue weighted by molar-refractivity contribution is 6.00. The molecule has 1 aliphatic heterocycles. The van der Waals surface area contributed by atoms with Gasteiger partial charge in [0, 0.05) is 40.3 Å². The van der Waals surface area contributed by atoms with Gasteiger partial charge in [0.05, 0.1) is 34.9 Å². The number of fused-ring (bicyclic) bond motifs is 1. The molecule has 2 aliphatic rings. The summed E-state index contributed by atoms with van der Waals surface area (Å²) < 4.78 is 1.84. The lowest BCUT2D eigenvalue weighted by Crippen LogP contribution is -2.44. The van der Waals surface area contributed by atoms with E-state index < -0.39 is 0 Å². The summed E-state index contributed by atoms with van der Waals surface area (Å²) >= 11 is 0. The number of carbonyl (C=O) groups excluding carboxylic acids is 1. The van der Waals surface area contributed by atoms with Gasteiger partial charge in [0.25, 0.3) is 5.91 Å². The first kappa shape index (κ1) is 21.4. The second-order valence-corrected chi connectivity index (χ2v) is 8.96. The summed E-state index contributed by atoms with van der Waals surface area (Å²) in [7, 11) is 5.69. The molecule has 1 N–H and O–H groups in total. The number of pyridine rings is 1. The Morgan fingerprint density at radius 1 is 1.09 bits per heavy atom. The number of allylic oxidation sites excluding steroid dienone is 2. The highest BCUT2D eigenvalue weighted by Crippen LogP contribution is 2.32. The van der Waals surface area contributed by atoms with E-state index in [1.165, 1.54) is 5.57 Å². The van der Waals surface area contributed by atoms with Crippen molar-refractivity contribution in [3.8, 4) is 0 Å². The second kappa shape index (κ2) is 8.82. The lowest BCUT2D eigenvalue weighted by Gasteiger charge is -2.33. The number of nitrogens with zero attached hydrogens (tertiary/aromatic N) is 7. The van der Waals surface area contributed by atoms with E-state index in [1.54, 1.807) is 25.2 Å². The largest absolute Gasteiger partial charge is 0.368 e. The molecule has 0 aromatic carbocycles. The molecule has 1 saturated heterocycles. The molecule has 0 atom stereocenters. The molecule has 0 saturated carbocycles. The fourth-order valence-electron chi connectivity index (χ4n) is 4.45.